The molecule has 11 heteroatoms. The highest BCUT2D eigenvalue weighted by molar-refractivity contribution is 6.00. The van der Waals surface area contributed by atoms with Crippen LogP contribution >= 0.6 is 0 Å². The standard InChI is InChI=1S/C24H34N4O7/c1-34-15-16-6-4-12-28(16)24(33)18-9-10-21(30)26-19(14-29)23(32)25-11-5-13-35-20-8-3-2-7-17(20)22(31)27-18/h2-3,7-8,16,18-19,29H,4-6,9-15H2,1H3,(H,25,32)(H,26,30)(H,27,31)/t16-,18-,19-/m0/s1. The molecule has 0 saturated carbocycles. The summed E-state index contributed by atoms with van der Waals surface area (Å²) in [6.07, 6.45) is 1.97. The number of aliphatic hydroxyl groups is 1. The molecule has 0 spiro atoms. The van der Waals surface area contributed by atoms with Crippen LogP contribution in [0.1, 0.15) is 42.5 Å². The first-order chi connectivity index (χ1) is 16.9. The second-order valence-electron chi connectivity index (χ2n) is 8.64. The third kappa shape index (κ3) is 7.15. The summed E-state index contributed by atoms with van der Waals surface area (Å²) in [5, 5.41) is 17.5. The van der Waals surface area contributed by atoms with Gasteiger partial charge in [-0.1, -0.05) is 12.1 Å². The van der Waals surface area contributed by atoms with Crippen LogP contribution in [-0.4, -0.2) is 91.8 Å². The minimum Gasteiger partial charge on any atom is -0.493 e. The molecule has 192 valence electrons. The van der Waals surface area contributed by atoms with Crippen molar-refractivity contribution in [3.8, 4) is 5.75 Å². The highest BCUT2D eigenvalue weighted by Crippen LogP contribution is 2.22. The summed E-state index contributed by atoms with van der Waals surface area (Å²) in [5.41, 5.74) is 0.279. The number of nitrogens with zero attached hydrogens (tertiary/aromatic N) is 1. The molecule has 4 N–H and O–H groups in total. The molecule has 1 aromatic rings. The number of hydrogen-bond acceptors (Lipinski definition) is 7. The Morgan fingerprint density at radius 2 is 1.97 bits per heavy atom. The van der Waals surface area contributed by atoms with E-state index in [-0.39, 0.29) is 43.5 Å². The Balaban J connectivity index is 1.84. The molecular formula is C24H34N4O7. The second-order valence-corrected chi connectivity index (χ2v) is 8.64. The molecule has 1 aromatic carbocycles. The lowest BCUT2D eigenvalue weighted by Gasteiger charge is -2.29. The fourth-order valence-corrected chi connectivity index (χ4v) is 4.29. The molecule has 4 amide bonds. The van der Waals surface area contributed by atoms with Crippen molar-refractivity contribution in [3.63, 3.8) is 0 Å². The first kappa shape index (κ1) is 26.4. The quantitative estimate of drug-likeness (QED) is 0.448. The lowest BCUT2D eigenvalue weighted by Crippen LogP contribution is -2.52. The van der Waals surface area contributed by atoms with Crippen LogP contribution in [0.2, 0.25) is 0 Å². The third-order valence-electron chi connectivity index (χ3n) is 6.13. The van der Waals surface area contributed by atoms with Crippen molar-refractivity contribution in [1.29, 1.82) is 0 Å². The zero-order valence-electron chi connectivity index (χ0n) is 20.0. The largest absolute Gasteiger partial charge is 0.493 e. The van der Waals surface area contributed by atoms with Crippen LogP contribution in [0.3, 0.4) is 0 Å². The highest BCUT2D eigenvalue weighted by atomic mass is 16.5. The van der Waals surface area contributed by atoms with Gasteiger partial charge in [0.25, 0.3) is 5.91 Å². The summed E-state index contributed by atoms with van der Waals surface area (Å²) < 4.78 is 11.0. The van der Waals surface area contributed by atoms with Crippen LogP contribution in [0.5, 0.6) is 5.75 Å². The van der Waals surface area contributed by atoms with E-state index in [0.29, 0.717) is 25.3 Å². The number of carbonyl (C=O) groups excluding carboxylic acids is 4. The zero-order valence-corrected chi connectivity index (χ0v) is 20.0. The predicted octanol–water partition coefficient (Wildman–Crippen LogP) is -0.422. The number of aliphatic hydroxyl groups excluding tert-OH is 1. The van der Waals surface area contributed by atoms with Crippen molar-refractivity contribution in [2.24, 2.45) is 0 Å². The molecule has 0 aromatic heterocycles. The summed E-state index contributed by atoms with van der Waals surface area (Å²) in [6, 6.07) is 4.55. The zero-order chi connectivity index (χ0) is 25.2. The van der Waals surface area contributed by atoms with Crippen molar-refractivity contribution in [1.82, 2.24) is 20.9 Å². The lowest BCUT2D eigenvalue weighted by atomic mass is 10.1. The van der Waals surface area contributed by atoms with Gasteiger partial charge in [-0.15, -0.1) is 0 Å². The summed E-state index contributed by atoms with van der Waals surface area (Å²) in [7, 11) is 1.57. The van der Waals surface area contributed by atoms with Crippen molar-refractivity contribution < 1.29 is 33.8 Å². The third-order valence-corrected chi connectivity index (χ3v) is 6.13. The molecule has 0 radical (unpaired) electrons. The molecule has 0 bridgehead atoms. The molecule has 0 unspecified atom stereocenters. The Bertz CT molecular complexity index is 910. The minimum absolute atomic E-state index is 0.0232. The van der Waals surface area contributed by atoms with Crippen LogP contribution < -0.4 is 20.7 Å². The molecule has 2 aliphatic rings. The van der Waals surface area contributed by atoms with E-state index in [2.05, 4.69) is 16.0 Å². The molecular weight excluding hydrogens is 456 g/mol. The van der Waals surface area contributed by atoms with E-state index in [0.717, 1.165) is 12.8 Å². The molecule has 0 aliphatic carbocycles. The number of amides is 4. The van der Waals surface area contributed by atoms with Crippen LogP contribution in [0.15, 0.2) is 24.3 Å². The van der Waals surface area contributed by atoms with Crippen LogP contribution in [0.25, 0.3) is 0 Å². The Kier molecular flexibility index (Phi) is 9.86. The lowest BCUT2D eigenvalue weighted by molar-refractivity contribution is -0.135. The van der Waals surface area contributed by atoms with Crippen LogP contribution in [-0.2, 0) is 19.1 Å². The van der Waals surface area contributed by atoms with Gasteiger partial charge < -0.3 is 35.4 Å². The summed E-state index contributed by atoms with van der Waals surface area (Å²) in [4.78, 5) is 53.2. The van der Waals surface area contributed by atoms with E-state index >= 15 is 0 Å². The number of methoxy groups -OCH3 is 1. The molecule has 1 fully saturated rings. The molecule has 3 rings (SSSR count). The van der Waals surface area contributed by atoms with Crippen molar-refractivity contribution >= 4 is 23.6 Å². The van der Waals surface area contributed by atoms with E-state index in [1.165, 1.54) is 0 Å². The number of hydrogen-bond donors (Lipinski definition) is 4. The Morgan fingerprint density at radius 1 is 1.17 bits per heavy atom. The summed E-state index contributed by atoms with van der Waals surface area (Å²) >= 11 is 0. The van der Waals surface area contributed by atoms with Crippen molar-refractivity contribution in [2.45, 2.75) is 50.2 Å². The van der Waals surface area contributed by atoms with Gasteiger partial charge in [0.1, 0.15) is 17.8 Å². The summed E-state index contributed by atoms with van der Waals surface area (Å²) in [6.45, 7) is 0.867. The second kappa shape index (κ2) is 13.1. The van der Waals surface area contributed by atoms with Gasteiger partial charge >= 0.3 is 0 Å². The van der Waals surface area contributed by atoms with Gasteiger partial charge in [0.15, 0.2) is 0 Å². The number of nitrogens with one attached hydrogen (secondary N) is 3. The van der Waals surface area contributed by atoms with E-state index in [1.54, 1.807) is 36.3 Å². The Morgan fingerprint density at radius 3 is 2.74 bits per heavy atom. The highest BCUT2D eigenvalue weighted by Gasteiger charge is 2.34. The maximum absolute atomic E-state index is 13.5. The van der Waals surface area contributed by atoms with Gasteiger partial charge in [0, 0.05) is 26.6 Å². The van der Waals surface area contributed by atoms with E-state index in [4.69, 9.17) is 9.47 Å². The summed E-state index contributed by atoms with van der Waals surface area (Å²) in [5.74, 6) is -1.41. The first-order valence-corrected chi connectivity index (χ1v) is 11.9. The monoisotopic (exact) mass is 490 g/mol. The molecule has 1 saturated heterocycles. The fraction of sp³-hybridized carbons (Fsp3) is 0.583. The van der Waals surface area contributed by atoms with Gasteiger partial charge in [-0.05, 0) is 37.8 Å². The normalized spacial score (nSPS) is 24.6. The molecule has 11 nitrogen and oxygen atoms in total. The number of likely N-dealkylation sites (tertiary alicyclic amines) is 1. The predicted molar refractivity (Wildman–Crippen MR) is 126 cm³/mol. The van der Waals surface area contributed by atoms with Gasteiger partial charge in [0.2, 0.25) is 17.7 Å². The van der Waals surface area contributed by atoms with E-state index in [9.17, 15) is 24.3 Å². The average Bonchev–Trinajstić information content (AvgIpc) is 3.32. The van der Waals surface area contributed by atoms with Crippen LogP contribution in [0, 0.1) is 0 Å². The maximum atomic E-state index is 13.5. The van der Waals surface area contributed by atoms with Crippen molar-refractivity contribution in [2.75, 3.05) is 40.0 Å². The molecule has 2 heterocycles. The van der Waals surface area contributed by atoms with Gasteiger partial charge in [-0.25, -0.2) is 0 Å². The Hall–Kier alpha value is -3.18. The fourth-order valence-electron chi connectivity index (χ4n) is 4.29. The number of benzene rings is 1. The van der Waals surface area contributed by atoms with Gasteiger partial charge in [-0.3, -0.25) is 19.2 Å². The first-order valence-electron chi connectivity index (χ1n) is 11.9. The number of fused-ring (bicyclic) bond motifs is 1. The molecule has 35 heavy (non-hydrogen) atoms. The van der Waals surface area contributed by atoms with Gasteiger partial charge in [-0.2, -0.15) is 0 Å². The number of rotatable bonds is 4. The van der Waals surface area contributed by atoms with Crippen molar-refractivity contribution in [3.05, 3.63) is 29.8 Å². The van der Waals surface area contributed by atoms with Gasteiger partial charge in [0.05, 0.1) is 31.4 Å². The SMILES string of the molecule is COC[C@@H]1CCCN1C(=O)[C@@H]1CCC(=O)N[C@@H](CO)C(=O)NCCCOc2ccccc2C(=O)N1. The smallest absolute Gasteiger partial charge is 0.255 e. The Labute approximate surface area is 204 Å². The average molecular weight is 491 g/mol. The number of carbonyl (C=O) groups is 4. The maximum Gasteiger partial charge on any atom is 0.255 e. The van der Waals surface area contributed by atoms with E-state index in [1.807, 2.05) is 0 Å². The topological polar surface area (TPSA) is 146 Å². The molecule has 2 aliphatic heterocycles. The van der Waals surface area contributed by atoms with Crippen LogP contribution in [0.4, 0.5) is 0 Å². The minimum atomic E-state index is -1.11. The van der Waals surface area contributed by atoms with E-state index < -0.39 is 36.4 Å². The number of ether oxygens (including phenoxy) is 2. The number of para-hydroxylation sites is 1. The molecule has 3 atom stereocenters.